The lowest BCUT2D eigenvalue weighted by Crippen LogP contribution is -2.48. The molecule has 0 aromatic carbocycles. The van der Waals surface area contributed by atoms with Gasteiger partial charge >= 0.3 is 0 Å². The number of aromatic nitrogens is 1. The van der Waals surface area contributed by atoms with Crippen LogP contribution in [0.1, 0.15) is 33.6 Å². The average molecular weight is 269 g/mol. The first-order valence-electron chi connectivity index (χ1n) is 6.49. The van der Waals surface area contributed by atoms with Gasteiger partial charge in [-0.15, -0.1) is 0 Å². The van der Waals surface area contributed by atoms with Crippen LogP contribution < -0.4 is 4.74 Å². The van der Waals surface area contributed by atoms with Gasteiger partial charge < -0.3 is 4.74 Å². The van der Waals surface area contributed by atoms with E-state index in [-0.39, 0.29) is 11.6 Å². The van der Waals surface area contributed by atoms with Crippen LogP contribution in [0.5, 0.6) is 5.88 Å². The Morgan fingerprint density at radius 1 is 1.28 bits per heavy atom. The van der Waals surface area contributed by atoms with Gasteiger partial charge in [-0.2, -0.15) is 0 Å². The molecule has 2 rings (SSSR count). The fourth-order valence-electron chi connectivity index (χ4n) is 2.27. The SMILES string of the molecule is CC(C)(C)N1CCC(Oc2cccc(Cl)n2)CC1. The summed E-state index contributed by atoms with van der Waals surface area (Å²) >= 11 is 5.85. The highest BCUT2D eigenvalue weighted by Crippen LogP contribution is 2.23. The Bertz CT molecular complexity index is 395. The van der Waals surface area contributed by atoms with E-state index < -0.39 is 0 Å². The molecule has 2 heterocycles. The van der Waals surface area contributed by atoms with E-state index in [1.54, 1.807) is 6.07 Å². The van der Waals surface area contributed by atoms with E-state index in [2.05, 4.69) is 30.7 Å². The van der Waals surface area contributed by atoms with Gasteiger partial charge in [0.15, 0.2) is 0 Å². The molecule has 100 valence electrons. The van der Waals surface area contributed by atoms with Gasteiger partial charge in [0, 0.05) is 24.7 Å². The summed E-state index contributed by atoms with van der Waals surface area (Å²) in [7, 11) is 0. The topological polar surface area (TPSA) is 25.4 Å². The van der Waals surface area contributed by atoms with Crippen LogP contribution in [0, 0.1) is 0 Å². The van der Waals surface area contributed by atoms with Crippen LogP contribution in [0.25, 0.3) is 0 Å². The van der Waals surface area contributed by atoms with Crippen LogP contribution in [0.4, 0.5) is 0 Å². The second kappa shape index (κ2) is 5.45. The predicted octanol–water partition coefficient (Wildman–Crippen LogP) is 3.38. The molecule has 1 aromatic rings. The van der Waals surface area contributed by atoms with Crippen molar-refractivity contribution in [3.05, 3.63) is 23.4 Å². The molecule has 4 heteroatoms. The number of pyridine rings is 1. The second-order valence-corrected chi connectivity index (χ2v) is 6.16. The van der Waals surface area contributed by atoms with Crippen molar-refractivity contribution in [3.63, 3.8) is 0 Å². The highest BCUT2D eigenvalue weighted by Gasteiger charge is 2.27. The molecular weight excluding hydrogens is 248 g/mol. The minimum Gasteiger partial charge on any atom is -0.474 e. The highest BCUT2D eigenvalue weighted by molar-refractivity contribution is 6.29. The molecule has 0 atom stereocenters. The molecule has 0 unspecified atom stereocenters. The summed E-state index contributed by atoms with van der Waals surface area (Å²) in [5.74, 6) is 0.636. The van der Waals surface area contributed by atoms with Gasteiger partial charge in [0.2, 0.25) is 5.88 Å². The molecule has 0 saturated carbocycles. The van der Waals surface area contributed by atoms with Crippen LogP contribution in [0.2, 0.25) is 5.15 Å². The van der Waals surface area contributed by atoms with E-state index in [0.717, 1.165) is 25.9 Å². The molecule has 18 heavy (non-hydrogen) atoms. The number of nitrogens with zero attached hydrogens (tertiary/aromatic N) is 2. The van der Waals surface area contributed by atoms with Crippen LogP contribution in [-0.2, 0) is 0 Å². The zero-order chi connectivity index (χ0) is 13.2. The van der Waals surface area contributed by atoms with E-state index in [4.69, 9.17) is 16.3 Å². The van der Waals surface area contributed by atoms with E-state index >= 15 is 0 Å². The quantitative estimate of drug-likeness (QED) is 0.769. The third-order valence-corrected chi connectivity index (χ3v) is 3.58. The normalized spacial score (nSPS) is 18.9. The van der Waals surface area contributed by atoms with Crippen molar-refractivity contribution in [1.82, 2.24) is 9.88 Å². The summed E-state index contributed by atoms with van der Waals surface area (Å²) < 4.78 is 5.87. The summed E-state index contributed by atoms with van der Waals surface area (Å²) in [5.41, 5.74) is 0.249. The number of ether oxygens (including phenoxy) is 1. The zero-order valence-corrected chi connectivity index (χ0v) is 12.1. The van der Waals surface area contributed by atoms with Gasteiger partial charge in [0.05, 0.1) is 0 Å². The number of hydrogen-bond acceptors (Lipinski definition) is 3. The largest absolute Gasteiger partial charge is 0.474 e. The molecule has 3 nitrogen and oxygen atoms in total. The van der Waals surface area contributed by atoms with Gasteiger partial charge in [-0.25, -0.2) is 4.98 Å². The van der Waals surface area contributed by atoms with E-state index in [1.165, 1.54) is 0 Å². The Hall–Kier alpha value is -0.800. The fourth-order valence-corrected chi connectivity index (χ4v) is 2.43. The molecule has 1 saturated heterocycles. The lowest BCUT2D eigenvalue weighted by molar-refractivity contribution is 0.0472. The molecule has 0 radical (unpaired) electrons. The Balaban J connectivity index is 1.87. The molecule has 1 aromatic heterocycles. The zero-order valence-electron chi connectivity index (χ0n) is 11.3. The molecule has 0 bridgehead atoms. The summed E-state index contributed by atoms with van der Waals surface area (Å²) in [5, 5.41) is 0.486. The summed E-state index contributed by atoms with van der Waals surface area (Å²) in [6.07, 6.45) is 2.35. The van der Waals surface area contributed by atoms with Crippen molar-refractivity contribution in [1.29, 1.82) is 0 Å². The average Bonchev–Trinajstić information content (AvgIpc) is 2.28. The summed E-state index contributed by atoms with van der Waals surface area (Å²) in [4.78, 5) is 6.66. The second-order valence-electron chi connectivity index (χ2n) is 5.77. The first-order valence-corrected chi connectivity index (χ1v) is 6.87. The summed E-state index contributed by atoms with van der Waals surface area (Å²) in [6.45, 7) is 8.93. The summed E-state index contributed by atoms with van der Waals surface area (Å²) in [6, 6.07) is 5.49. The Morgan fingerprint density at radius 2 is 1.94 bits per heavy atom. The van der Waals surface area contributed by atoms with Crippen LogP contribution in [0.15, 0.2) is 18.2 Å². The van der Waals surface area contributed by atoms with Gasteiger partial charge in [-0.05, 0) is 39.7 Å². The third-order valence-electron chi connectivity index (χ3n) is 3.37. The first-order chi connectivity index (χ1) is 8.45. The molecule has 0 N–H and O–H groups in total. The Kier molecular flexibility index (Phi) is 4.13. The standard InChI is InChI=1S/C14H21ClN2O/c1-14(2,3)17-9-7-11(8-10-17)18-13-6-4-5-12(15)16-13/h4-6,11H,7-10H2,1-3H3. The van der Waals surface area contributed by atoms with E-state index in [1.807, 2.05) is 12.1 Å². The predicted molar refractivity (Wildman–Crippen MR) is 74.2 cm³/mol. The molecule has 1 fully saturated rings. The van der Waals surface area contributed by atoms with Gasteiger partial charge in [-0.1, -0.05) is 17.7 Å². The molecule has 1 aliphatic heterocycles. The first kappa shape index (κ1) is 13.6. The van der Waals surface area contributed by atoms with Gasteiger partial charge in [-0.3, -0.25) is 4.90 Å². The minimum atomic E-state index is 0.249. The van der Waals surface area contributed by atoms with Crippen LogP contribution in [-0.4, -0.2) is 34.6 Å². The maximum Gasteiger partial charge on any atom is 0.214 e. The van der Waals surface area contributed by atoms with E-state index in [0.29, 0.717) is 11.0 Å². The van der Waals surface area contributed by atoms with Gasteiger partial charge in [0.25, 0.3) is 0 Å². The number of likely N-dealkylation sites (tertiary alicyclic amines) is 1. The van der Waals surface area contributed by atoms with Crippen LogP contribution in [0.3, 0.4) is 0 Å². The Labute approximate surface area is 114 Å². The fraction of sp³-hybridized carbons (Fsp3) is 0.643. The minimum absolute atomic E-state index is 0.249. The number of halogens is 1. The maximum atomic E-state index is 5.87. The van der Waals surface area contributed by atoms with Crippen molar-refractivity contribution in [3.8, 4) is 5.88 Å². The number of hydrogen-bond donors (Lipinski definition) is 0. The monoisotopic (exact) mass is 268 g/mol. The lowest BCUT2D eigenvalue weighted by Gasteiger charge is -2.40. The Morgan fingerprint density at radius 3 is 2.50 bits per heavy atom. The van der Waals surface area contributed by atoms with Crippen molar-refractivity contribution in [2.45, 2.75) is 45.3 Å². The van der Waals surface area contributed by atoms with Crippen molar-refractivity contribution >= 4 is 11.6 Å². The maximum absolute atomic E-state index is 5.87. The molecule has 0 aliphatic carbocycles. The number of rotatable bonds is 2. The van der Waals surface area contributed by atoms with E-state index in [9.17, 15) is 0 Å². The van der Waals surface area contributed by atoms with Gasteiger partial charge in [0.1, 0.15) is 11.3 Å². The molecular formula is C14H21ClN2O. The molecule has 0 spiro atoms. The third kappa shape index (κ3) is 3.59. The molecule has 0 amide bonds. The lowest BCUT2D eigenvalue weighted by atomic mass is 9.99. The van der Waals surface area contributed by atoms with Crippen molar-refractivity contribution in [2.24, 2.45) is 0 Å². The van der Waals surface area contributed by atoms with Crippen molar-refractivity contribution < 1.29 is 4.74 Å². The smallest absolute Gasteiger partial charge is 0.214 e. The highest BCUT2D eigenvalue weighted by atomic mass is 35.5. The molecule has 1 aliphatic rings. The van der Waals surface area contributed by atoms with Crippen molar-refractivity contribution in [2.75, 3.05) is 13.1 Å². The van der Waals surface area contributed by atoms with Crippen LogP contribution >= 0.6 is 11.6 Å². The number of piperidine rings is 1.